The zero-order valence-corrected chi connectivity index (χ0v) is 12.5. The third kappa shape index (κ3) is 4.67. The molecular weight excluding hydrogens is 306 g/mol. The van der Waals surface area contributed by atoms with E-state index in [1.807, 2.05) is 0 Å². The van der Waals surface area contributed by atoms with Crippen LogP contribution in [0.2, 0.25) is 0 Å². The molecule has 1 N–H and O–H groups in total. The molecule has 6 heteroatoms. The van der Waals surface area contributed by atoms with Gasteiger partial charge in [0.2, 0.25) is 0 Å². The normalized spacial score (nSPS) is 10.4. The Bertz CT molecular complexity index is 701. The van der Waals surface area contributed by atoms with Gasteiger partial charge >= 0.3 is 5.97 Å². The number of phenols is 1. The van der Waals surface area contributed by atoms with E-state index in [4.69, 9.17) is 4.74 Å². The van der Waals surface area contributed by atoms with E-state index in [9.17, 15) is 18.7 Å². The van der Waals surface area contributed by atoms with Gasteiger partial charge in [0.1, 0.15) is 18.2 Å². The van der Waals surface area contributed by atoms with Gasteiger partial charge in [-0.3, -0.25) is 4.79 Å². The molecule has 0 aliphatic heterocycles. The molecule has 122 valence electrons. The summed E-state index contributed by atoms with van der Waals surface area (Å²) in [6.07, 6.45) is 0.507. The lowest BCUT2D eigenvalue weighted by molar-refractivity contribution is -0.140. The number of phenolic OH excluding ortho intramolecular Hbond substituents is 1. The van der Waals surface area contributed by atoms with Crippen molar-refractivity contribution in [3.05, 3.63) is 59.2 Å². The highest BCUT2D eigenvalue weighted by Crippen LogP contribution is 2.23. The van der Waals surface area contributed by atoms with Crippen molar-refractivity contribution in [1.29, 1.82) is 0 Å². The molecule has 0 radical (unpaired) electrons. The number of hydrogen-bond acceptors (Lipinski definition) is 4. The van der Waals surface area contributed by atoms with Gasteiger partial charge in [-0.25, -0.2) is 8.78 Å². The van der Waals surface area contributed by atoms with Crippen LogP contribution in [0, 0.1) is 11.6 Å². The van der Waals surface area contributed by atoms with Gasteiger partial charge in [0, 0.05) is 12.5 Å². The van der Waals surface area contributed by atoms with Crippen LogP contribution in [0.25, 0.3) is 0 Å². The van der Waals surface area contributed by atoms with Crippen molar-refractivity contribution < 1.29 is 28.2 Å². The number of halogens is 2. The minimum absolute atomic E-state index is 0.00900. The molecule has 0 heterocycles. The lowest BCUT2D eigenvalue weighted by atomic mass is 10.1. The Morgan fingerprint density at radius 1 is 1.17 bits per heavy atom. The number of carbonyl (C=O) groups excluding carboxylic acids is 1. The molecule has 0 unspecified atom stereocenters. The number of methoxy groups -OCH3 is 1. The molecule has 23 heavy (non-hydrogen) atoms. The molecule has 0 fully saturated rings. The molecule has 2 rings (SSSR count). The van der Waals surface area contributed by atoms with Crippen LogP contribution >= 0.6 is 0 Å². The predicted octanol–water partition coefficient (Wildman–Crippen LogP) is 3.36. The van der Waals surface area contributed by atoms with Crippen LogP contribution < -0.4 is 4.74 Å². The average molecular weight is 322 g/mol. The number of aromatic hydroxyl groups is 1. The second kappa shape index (κ2) is 7.58. The van der Waals surface area contributed by atoms with Crippen molar-refractivity contribution in [2.75, 3.05) is 7.11 Å². The van der Waals surface area contributed by atoms with Gasteiger partial charge in [0.25, 0.3) is 0 Å². The summed E-state index contributed by atoms with van der Waals surface area (Å²) < 4.78 is 36.2. The number of benzene rings is 2. The summed E-state index contributed by atoms with van der Waals surface area (Å²) in [6.45, 7) is -0.0226. The monoisotopic (exact) mass is 322 g/mol. The van der Waals surface area contributed by atoms with Gasteiger partial charge in [-0.1, -0.05) is 12.1 Å². The number of ether oxygens (including phenoxy) is 2. The van der Waals surface area contributed by atoms with Crippen LogP contribution in [0.1, 0.15) is 17.5 Å². The van der Waals surface area contributed by atoms with Gasteiger partial charge in [-0.05, 0) is 35.7 Å². The van der Waals surface area contributed by atoms with E-state index >= 15 is 0 Å². The Balaban J connectivity index is 2.00. The van der Waals surface area contributed by atoms with E-state index in [1.165, 1.54) is 13.2 Å². The quantitative estimate of drug-likeness (QED) is 0.829. The second-order valence-corrected chi connectivity index (χ2v) is 4.90. The highest BCUT2D eigenvalue weighted by atomic mass is 19.1. The molecule has 0 atom stereocenters. The van der Waals surface area contributed by atoms with Crippen LogP contribution in [0.4, 0.5) is 8.78 Å². The van der Waals surface area contributed by atoms with Crippen molar-refractivity contribution in [3.63, 3.8) is 0 Å². The van der Waals surface area contributed by atoms with E-state index in [2.05, 4.69) is 4.74 Å². The predicted molar refractivity (Wildman–Crippen MR) is 79.1 cm³/mol. The topological polar surface area (TPSA) is 55.8 Å². The zero-order valence-electron chi connectivity index (χ0n) is 12.5. The number of hydrogen-bond donors (Lipinski definition) is 1. The smallest absolute Gasteiger partial charge is 0.305 e. The molecule has 2 aromatic carbocycles. The Labute approximate surface area is 132 Å². The summed E-state index contributed by atoms with van der Waals surface area (Å²) in [5, 5.41) is 9.93. The highest BCUT2D eigenvalue weighted by Gasteiger charge is 2.09. The van der Waals surface area contributed by atoms with Crippen LogP contribution in [0.3, 0.4) is 0 Å². The maximum atomic E-state index is 13.4. The Kier molecular flexibility index (Phi) is 5.51. The summed E-state index contributed by atoms with van der Waals surface area (Å²) in [7, 11) is 1.30. The molecule has 0 amide bonds. The Morgan fingerprint density at radius 3 is 2.65 bits per heavy atom. The van der Waals surface area contributed by atoms with E-state index in [0.717, 1.165) is 18.2 Å². The number of carbonyl (C=O) groups is 1. The number of aryl methyl sites for hydroxylation is 1. The number of esters is 1. The maximum absolute atomic E-state index is 13.4. The number of rotatable bonds is 6. The molecule has 0 bridgehead atoms. The van der Waals surface area contributed by atoms with Crippen molar-refractivity contribution in [1.82, 2.24) is 0 Å². The molecule has 0 aliphatic carbocycles. The molecule has 0 spiro atoms. The van der Waals surface area contributed by atoms with E-state index in [-0.39, 0.29) is 30.5 Å². The van der Waals surface area contributed by atoms with Crippen molar-refractivity contribution in [2.24, 2.45) is 0 Å². The summed E-state index contributed by atoms with van der Waals surface area (Å²) in [5.41, 5.74) is 1.18. The van der Waals surface area contributed by atoms with E-state index < -0.39 is 11.6 Å². The molecule has 2 aromatic rings. The second-order valence-electron chi connectivity index (χ2n) is 4.90. The SMILES string of the molecule is COC(=O)CCc1ccc(COc2cc(F)ccc2F)cc1O. The fourth-order valence-corrected chi connectivity index (χ4v) is 2.00. The van der Waals surface area contributed by atoms with Crippen molar-refractivity contribution in [2.45, 2.75) is 19.4 Å². The zero-order chi connectivity index (χ0) is 16.8. The lowest BCUT2D eigenvalue weighted by Gasteiger charge is -2.10. The fraction of sp³-hybridized carbons (Fsp3) is 0.235. The summed E-state index contributed by atoms with van der Waals surface area (Å²) in [5.74, 6) is -1.81. The van der Waals surface area contributed by atoms with Crippen molar-refractivity contribution in [3.8, 4) is 11.5 Å². The van der Waals surface area contributed by atoms with Crippen LogP contribution in [-0.4, -0.2) is 18.2 Å². The summed E-state index contributed by atoms with van der Waals surface area (Å²) in [4.78, 5) is 11.1. The van der Waals surface area contributed by atoms with Gasteiger partial charge in [0.15, 0.2) is 11.6 Å². The molecule has 0 aliphatic rings. The maximum Gasteiger partial charge on any atom is 0.305 e. The highest BCUT2D eigenvalue weighted by molar-refractivity contribution is 5.69. The third-order valence-corrected chi connectivity index (χ3v) is 3.26. The van der Waals surface area contributed by atoms with Crippen LogP contribution in [0.15, 0.2) is 36.4 Å². The first-order valence-corrected chi connectivity index (χ1v) is 6.95. The Morgan fingerprint density at radius 2 is 1.96 bits per heavy atom. The first kappa shape index (κ1) is 16.7. The van der Waals surface area contributed by atoms with Gasteiger partial charge in [0.05, 0.1) is 7.11 Å². The molecule has 4 nitrogen and oxygen atoms in total. The van der Waals surface area contributed by atoms with Crippen LogP contribution in [-0.2, 0) is 22.6 Å². The van der Waals surface area contributed by atoms with Crippen LogP contribution in [0.5, 0.6) is 11.5 Å². The minimum atomic E-state index is -0.662. The molecule has 0 aromatic heterocycles. The summed E-state index contributed by atoms with van der Waals surface area (Å²) >= 11 is 0. The first-order valence-electron chi connectivity index (χ1n) is 6.95. The third-order valence-electron chi connectivity index (χ3n) is 3.26. The standard InChI is InChI=1S/C17H16F2O4/c1-22-17(21)7-4-12-3-2-11(8-15(12)20)10-23-16-9-13(18)5-6-14(16)19/h2-3,5-6,8-9,20H,4,7,10H2,1H3. The van der Waals surface area contributed by atoms with Gasteiger partial charge in [-0.2, -0.15) is 0 Å². The Hall–Kier alpha value is -2.63. The average Bonchev–Trinajstić information content (AvgIpc) is 2.54. The van der Waals surface area contributed by atoms with Crippen molar-refractivity contribution >= 4 is 5.97 Å². The molecular formula is C17H16F2O4. The molecule has 0 saturated carbocycles. The fourth-order valence-electron chi connectivity index (χ4n) is 2.00. The van der Waals surface area contributed by atoms with E-state index in [0.29, 0.717) is 17.5 Å². The first-order chi connectivity index (χ1) is 11.0. The van der Waals surface area contributed by atoms with E-state index in [1.54, 1.807) is 12.1 Å². The summed E-state index contributed by atoms with van der Waals surface area (Å²) in [6, 6.07) is 7.74. The van der Waals surface area contributed by atoms with Gasteiger partial charge < -0.3 is 14.6 Å². The van der Waals surface area contributed by atoms with Gasteiger partial charge in [-0.15, -0.1) is 0 Å². The minimum Gasteiger partial charge on any atom is -0.508 e. The lowest BCUT2D eigenvalue weighted by Crippen LogP contribution is -2.02. The molecule has 0 saturated heterocycles. The largest absolute Gasteiger partial charge is 0.508 e.